The molecule has 1 N–H and O–H groups in total. The molecule has 1 aliphatic rings. The van der Waals surface area contributed by atoms with Crippen LogP contribution in [0.25, 0.3) is 0 Å². The third kappa shape index (κ3) is 3.68. The Balaban J connectivity index is 1.99. The number of amides is 1. The normalized spacial score (nSPS) is 21.3. The summed E-state index contributed by atoms with van der Waals surface area (Å²) < 4.78 is 56.3. The summed E-state index contributed by atoms with van der Waals surface area (Å²) in [5.74, 6) is -0.494. The van der Waals surface area contributed by atoms with Crippen molar-refractivity contribution < 1.29 is 30.6 Å². The maximum Gasteiger partial charge on any atom is 0.421 e. The van der Waals surface area contributed by atoms with Gasteiger partial charge in [0.15, 0.2) is 0 Å². The van der Waals surface area contributed by atoms with Crippen molar-refractivity contribution in [3.05, 3.63) is 30.3 Å². The van der Waals surface area contributed by atoms with Crippen LogP contribution in [0.2, 0.25) is 0 Å². The minimum atomic E-state index is -4.04. The van der Waals surface area contributed by atoms with E-state index < -0.39 is 38.1 Å². The summed E-state index contributed by atoms with van der Waals surface area (Å²) in [6.45, 7) is -0.318. The zero-order valence-corrected chi connectivity index (χ0v) is 11.7. The van der Waals surface area contributed by atoms with E-state index in [0.29, 0.717) is 0 Å². The lowest BCUT2D eigenvalue weighted by atomic mass is 10.4. The lowest BCUT2D eigenvalue weighted by Crippen LogP contribution is -2.35. The standard InChI is InChI=1S/C10H11NO7S2/c12-10(18-8-6-17-19(13,14)7-8)11-20(15,16)9-4-2-1-3-5-9/h1-5,8H,6-7H2,(H,11,12). The molecule has 1 unspecified atom stereocenters. The van der Waals surface area contributed by atoms with Gasteiger partial charge in [-0.05, 0) is 12.1 Å². The zero-order valence-electron chi connectivity index (χ0n) is 10.1. The Labute approximate surface area is 115 Å². The molecule has 1 aromatic carbocycles. The molecule has 20 heavy (non-hydrogen) atoms. The number of sulfonamides is 1. The van der Waals surface area contributed by atoms with Gasteiger partial charge < -0.3 is 4.74 Å². The molecule has 0 aromatic heterocycles. The molecule has 110 valence electrons. The lowest BCUT2D eigenvalue weighted by Gasteiger charge is -2.10. The minimum Gasteiger partial charge on any atom is -0.442 e. The maximum atomic E-state index is 11.8. The van der Waals surface area contributed by atoms with E-state index in [-0.39, 0.29) is 11.5 Å². The highest BCUT2D eigenvalue weighted by Gasteiger charge is 2.32. The minimum absolute atomic E-state index is 0.104. The summed E-state index contributed by atoms with van der Waals surface area (Å²) in [7, 11) is -7.74. The van der Waals surface area contributed by atoms with Gasteiger partial charge in [0.05, 0.1) is 4.90 Å². The maximum absolute atomic E-state index is 11.8. The Kier molecular flexibility index (Phi) is 3.97. The Morgan fingerprint density at radius 2 is 1.95 bits per heavy atom. The summed E-state index contributed by atoms with van der Waals surface area (Å²) >= 11 is 0. The molecule has 10 heteroatoms. The number of hydrogen-bond donors (Lipinski definition) is 1. The van der Waals surface area contributed by atoms with Crippen molar-refractivity contribution in [1.29, 1.82) is 0 Å². The predicted octanol–water partition coefficient (Wildman–Crippen LogP) is -0.170. The van der Waals surface area contributed by atoms with E-state index in [4.69, 9.17) is 0 Å². The number of hydrogen-bond acceptors (Lipinski definition) is 7. The second-order valence-corrected chi connectivity index (χ2v) is 7.32. The number of carbonyl (C=O) groups is 1. The first-order chi connectivity index (χ1) is 9.28. The SMILES string of the molecule is O=C(NS(=O)(=O)c1ccccc1)OC1COS(=O)(=O)C1. The largest absolute Gasteiger partial charge is 0.442 e. The average Bonchev–Trinajstić information content (AvgIpc) is 2.69. The van der Waals surface area contributed by atoms with Crippen LogP contribution in [-0.4, -0.2) is 41.4 Å². The van der Waals surface area contributed by atoms with Crippen molar-refractivity contribution in [3.63, 3.8) is 0 Å². The molecule has 1 fully saturated rings. The molecule has 0 radical (unpaired) electrons. The van der Waals surface area contributed by atoms with Crippen molar-refractivity contribution in [2.45, 2.75) is 11.0 Å². The Hall–Kier alpha value is -1.65. The van der Waals surface area contributed by atoms with Crippen LogP contribution in [0.4, 0.5) is 4.79 Å². The smallest absolute Gasteiger partial charge is 0.421 e. The van der Waals surface area contributed by atoms with E-state index >= 15 is 0 Å². The van der Waals surface area contributed by atoms with Crippen molar-refractivity contribution in [1.82, 2.24) is 4.72 Å². The van der Waals surface area contributed by atoms with Gasteiger partial charge in [0.2, 0.25) is 0 Å². The van der Waals surface area contributed by atoms with E-state index in [1.54, 1.807) is 10.8 Å². The van der Waals surface area contributed by atoms with E-state index in [0.717, 1.165) is 0 Å². The van der Waals surface area contributed by atoms with Gasteiger partial charge in [0.25, 0.3) is 20.1 Å². The summed E-state index contributed by atoms with van der Waals surface area (Å²) in [6.07, 6.45) is -2.27. The molecule has 0 spiro atoms. The number of carbonyl (C=O) groups excluding carboxylic acids is 1. The number of ether oxygens (including phenoxy) is 1. The molecule has 2 rings (SSSR count). The summed E-state index contributed by atoms with van der Waals surface area (Å²) in [4.78, 5) is 11.3. The van der Waals surface area contributed by atoms with E-state index in [2.05, 4.69) is 8.92 Å². The Bertz CT molecular complexity index is 696. The van der Waals surface area contributed by atoms with Gasteiger partial charge in [0.1, 0.15) is 18.5 Å². The molecule has 8 nitrogen and oxygen atoms in total. The van der Waals surface area contributed by atoms with Gasteiger partial charge in [-0.15, -0.1) is 0 Å². The van der Waals surface area contributed by atoms with Crippen LogP contribution in [-0.2, 0) is 29.1 Å². The van der Waals surface area contributed by atoms with Gasteiger partial charge in [-0.25, -0.2) is 17.9 Å². The van der Waals surface area contributed by atoms with Crippen LogP contribution < -0.4 is 4.72 Å². The van der Waals surface area contributed by atoms with Crippen LogP contribution in [0, 0.1) is 0 Å². The second-order valence-electron chi connectivity index (χ2n) is 3.95. The molecule has 0 saturated carbocycles. The number of benzene rings is 1. The lowest BCUT2D eigenvalue weighted by molar-refractivity contribution is 0.0985. The predicted molar refractivity (Wildman–Crippen MR) is 66.8 cm³/mol. The van der Waals surface area contributed by atoms with Crippen molar-refractivity contribution in [2.24, 2.45) is 0 Å². The van der Waals surface area contributed by atoms with Crippen molar-refractivity contribution >= 4 is 26.2 Å². The third-order valence-electron chi connectivity index (χ3n) is 2.37. The van der Waals surface area contributed by atoms with E-state index in [1.165, 1.54) is 24.3 Å². The zero-order chi connectivity index (χ0) is 14.8. The first kappa shape index (κ1) is 14.8. The van der Waals surface area contributed by atoms with Crippen molar-refractivity contribution in [2.75, 3.05) is 12.4 Å². The fourth-order valence-corrected chi connectivity index (χ4v) is 3.49. The third-order valence-corrected chi connectivity index (χ3v) is 4.97. The highest BCUT2D eigenvalue weighted by molar-refractivity contribution is 7.90. The second kappa shape index (κ2) is 5.38. The fraction of sp³-hybridized carbons (Fsp3) is 0.300. The van der Waals surface area contributed by atoms with Crippen molar-refractivity contribution in [3.8, 4) is 0 Å². The highest BCUT2D eigenvalue weighted by atomic mass is 32.2. The molecule has 1 heterocycles. The molecule has 0 aliphatic carbocycles. The molecule has 1 aromatic rings. The number of rotatable bonds is 3. The molecule has 1 saturated heterocycles. The van der Waals surface area contributed by atoms with E-state index in [1.807, 2.05) is 0 Å². The average molecular weight is 321 g/mol. The summed E-state index contributed by atoms with van der Waals surface area (Å²) in [5.41, 5.74) is 0. The highest BCUT2D eigenvalue weighted by Crippen LogP contribution is 2.12. The molecule has 1 amide bonds. The Morgan fingerprint density at radius 3 is 2.50 bits per heavy atom. The van der Waals surface area contributed by atoms with E-state index in [9.17, 15) is 21.6 Å². The van der Waals surface area contributed by atoms with Crippen LogP contribution in [0.1, 0.15) is 0 Å². The molecule has 1 atom stereocenters. The first-order valence-electron chi connectivity index (χ1n) is 5.44. The molecule has 0 bridgehead atoms. The molecular weight excluding hydrogens is 310 g/mol. The van der Waals surface area contributed by atoms with Crippen LogP contribution in [0.5, 0.6) is 0 Å². The van der Waals surface area contributed by atoms with Crippen LogP contribution in [0.15, 0.2) is 35.2 Å². The topological polar surface area (TPSA) is 116 Å². The fourth-order valence-electron chi connectivity index (χ4n) is 1.52. The number of nitrogens with one attached hydrogen (secondary N) is 1. The summed E-state index contributed by atoms with van der Waals surface area (Å²) in [5, 5.41) is 0. The monoisotopic (exact) mass is 321 g/mol. The van der Waals surface area contributed by atoms with Crippen LogP contribution in [0.3, 0.4) is 0 Å². The van der Waals surface area contributed by atoms with Gasteiger partial charge >= 0.3 is 6.09 Å². The quantitative estimate of drug-likeness (QED) is 0.768. The van der Waals surface area contributed by atoms with Gasteiger partial charge in [0, 0.05) is 0 Å². The summed E-state index contributed by atoms with van der Waals surface area (Å²) in [6, 6.07) is 7.23. The molecule has 1 aliphatic heterocycles. The van der Waals surface area contributed by atoms with Gasteiger partial charge in [-0.2, -0.15) is 8.42 Å². The first-order valence-corrected chi connectivity index (χ1v) is 8.50. The van der Waals surface area contributed by atoms with Gasteiger partial charge in [-0.3, -0.25) is 4.18 Å². The van der Waals surface area contributed by atoms with Gasteiger partial charge in [-0.1, -0.05) is 18.2 Å². The Morgan fingerprint density at radius 1 is 1.30 bits per heavy atom. The van der Waals surface area contributed by atoms with Crippen LogP contribution >= 0.6 is 0 Å². The molecular formula is C10H11NO7S2.